The highest BCUT2D eigenvalue weighted by Gasteiger charge is 2.32. The van der Waals surface area contributed by atoms with Crippen LogP contribution in [-0.2, 0) is 4.74 Å². The molecule has 114 valence electrons. The summed E-state index contributed by atoms with van der Waals surface area (Å²) in [4.78, 5) is 14.8. The third-order valence-electron chi connectivity index (χ3n) is 3.63. The van der Waals surface area contributed by atoms with E-state index in [9.17, 15) is 4.79 Å². The van der Waals surface area contributed by atoms with Crippen LogP contribution in [0.5, 0.6) is 0 Å². The third kappa shape index (κ3) is 4.38. The molecule has 0 spiro atoms. The molecule has 1 aromatic heterocycles. The van der Waals surface area contributed by atoms with E-state index < -0.39 is 0 Å². The minimum atomic E-state index is -0.124. The molecule has 7 heteroatoms. The van der Waals surface area contributed by atoms with Crippen molar-refractivity contribution in [1.29, 1.82) is 0 Å². The molecule has 0 radical (unpaired) electrons. The molecule has 1 aliphatic rings. The molecule has 1 saturated heterocycles. The van der Waals surface area contributed by atoms with Gasteiger partial charge in [0.15, 0.2) is 0 Å². The van der Waals surface area contributed by atoms with Gasteiger partial charge in [0.25, 0.3) is 5.91 Å². The topological polar surface area (TPSA) is 66.1 Å². The van der Waals surface area contributed by atoms with Gasteiger partial charge < -0.3 is 20.4 Å². The molecule has 0 bridgehead atoms. The molecule has 2 rings (SSSR count). The summed E-state index contributed by atoms with van der Waals surface area (Å²) >= 11 is 5.79. The molecular weight excluding hydrogens is 301 g/mol. The average molecular weight is 322 g/mol. The fourth-order valence-corrected chi connectivity index (χ4v) is 2.66. The van der Waals surface area contributed by atoms with Crippen LogP contribution in [0.1, 0.15) is 23.3 Å². The highest BCUT2D eigenvalue weighted by atomic mass is 35.5. The number of aromatic nitrogens is 1. The summed E-state index contributed by atoms with van der Waals surface area (Å²) in [7, 11) is 1.70. The molecule has 0 saturated carbocycles. The Balaban J connectivity index is 0.00000200. The Morgan fingerprint density at radius 2 is 2.20 bits per heavy atom. The zero-order chi connectivity index (χ0) is 13.7. The van der Waals surface area contributed by atoms with Crippen molar-refractivity contribution in [2.75, 3.05) is 33.4 Å². The number of carbonyl (C=O) groups excluding carboxylic acids is 1. The number of amides is 1. The van der Waals surface area contributed by atoms with Crippen LogP contribution in [0.3, 0.4) is 0 Å². The molecule has 0 aliphatic carbocycles. The maximum absolute atomic E-state index is 12.0. The number of carbonyl (C=O) groups is 1. The predicted octanol–water partition coefficient (Wildman–Crippen LogP) is 1.84. The molecule has 1 aliphatic heterocycles. The fraction of sp³-hybridized carbons (Fsp3) is 0.615. The highest BCUT2D eigenvalue weighted by Crippen LogP contribution is 2.28. The molecule has 1 fully saturated rings. The number of hydrogen-bond acceptors (Lipinski definition) is 3. The van der Waals surface area contributed by atoms with Gasteiger partial charge in [-0.3, -0.25) is 4.79 Å². The average Bonchev–Trinajstić information content (AvgIpc) is 2.84. The first-order chi connectivity index (χ1) is 9.15. The summed E-state index contributed by atoms with van der Waals surface area (Å²) in [5.41, 5.74) is 0.526. The largest absolute Gasteiger partial charge is 0.384 e. The number of rotatable bonds is 5. The minimum absolute atomic E-state index is 0. The smallest absolute Gasteiger partial charge is 0.267 e. The standard InChI is InChI=1S/C13H20ClN3O2.ClH/c1-19-9-13(2-4-15-5-3-13)8-17-12(18)11-6-10(14)7-16-11;/h6-7,15-16H,2-5,8-9H2,1H3,(H,17,18);1H. The van der Waals surface area contributed by atoms with E-state index in [0.29, 0.717) is 23.9 Å². The first kappa shape index (κ1) is 17.3. The Bertz CT molecular complexity index is 425. The number of aromatic amines is 1. The summed E-state index contributed by atoms with van der Waals surface area (Å²) in [5, 5.41) is 6.84. The van der Waals surface area contributed by atoms with Crippen LogP contribution in [0.15, 0.2) is 12.3 Å². The fourth-order valence-electron chi connectivity index (χ4n) is 2.50. The van der Waals surface area contributed by atoms with Crippen molar-refractivity contribution in [3.63, 3.8) is 0 Å². The lowest BCUT2D eigenvalue weighted by Crippen LogP contribution is -2.47. The Morgan fingerprint density at radius 3 is 2.75 bits per heavy atom. The van der Waals surface area contributed by atoms with Gasteiger partial charge in [-0.1, -0.05) is 11.6 Å². The Hall–Kier alpha value is -0.750. The first-order valence-corrected chi connectivity index (χ1v) is 6.85. The predicted molar refractivity (Wildman–Crippen MR) is 81.8 cm³/mol. The Labute approximate surface area is 130 Å². The van der Waals surface area contributed by atoms with Crippen LogP contribution in [0.25, 0.3) is 0 Å². The first-order valence-electron chi connectivity index (χ1n) is 6.47. The van der Waals surface area contributed by atoms with Gasteiger partial charge in [0.1, 0.15) is 5.69 Å². The van der Waals surface area contributed by atoms with Gasteiger partial charge >= 0.3 is 0 Å². The number of methoxy groups -OCH3 is 1. The maximum Gasteiger partial charge on any atom is 0.267 e. The van der Waals surface area contributed by atoms with Crippen LogP contribution in [0.4, 0.5) is 0 Å². The van der Waals surface area contributed by atoms with Gasteiger partial charge in [-0.25, -0.2) is 0 Å². The van der Waals surface area contributed by atoms with Crippen molar-refractivity contribution in [2.45, 2.75) is 12.8 Å². The molecule has 0 atom stereocenters. The van der Waals surface area contributed by atoms with E-state index in [1.807, 2.05) is 0 Å². The van der Waals surface area contributed by atoms with Gasteiger partial charge in [0, 0.05) is 25.3 Å². The third-order valence-corrected chi connectivity index (χ3v) is 3.85. The number of nitrogens with one attached hydrogen (secondary N) is 3. The number of hydrogen-bond donors (Lipinski definition) is 3. The van der Waals surface area contributed by atoms with Crippen LogP contribution in [0, 0.1) is 5.41 Å². The molecule has 1 aromatic rings. The molecule has 1 amide bonds. The van der Waals surface area contributed by atoms with Gasteiger partial charge in [-0.15, -0.1) is 12.4 Å². The summed E-state index contributed by atoms with van der Waals surface area (Å²) in [6, 6.07) is 1.63. The zero-order valence-corrected chi connectivity index (χ0v) is 13.1. The van der Waals surface area contributed by atoms with Crippen molar-refractivity contribution in [3.05, 3.63) is 23.0 Å². The summed E-state index contributed by atoms with van der Waals surface area (Å²) in [6.07, 6.45) is 3.62. The van der Waals surface area contributed by atoms with E-state index in [-0.39, 0.29) is 23.7 Å². The van der Waals surface area contributed by atoms with Gasteiger partial charge in [-0.2, -0.15) is 0 Å². The van der Waals surface area contributed by atoms with Crippen LogP contribution in [0.2, 0.25) is 5.02 Å². The van der Waals surface area contributed by atoms with Crippen molar-refractivity contribution in [2.24, 2.45) is 5.41 Å². The molecule has 0 unspecified atom stereocenters. The lowest BCUT2D eigenvalue weighted by atomic mass is 9.79. The summed E-state index contributed by atoms with van der Waals surface area (Å²) in [5.74, 6) is -0.124. The number of halogens is 2. The molecule has 20 heavy (non-hydrogen) atoms. The number of ether oxygens (including phenoxy) is 1. The van der Waals surface area contributed by atoms with Gasteiger partial charge in [-0.05, 0) is 32.0 Å². The number of H-pyrrole nitrogens is 1. The van der Waals surface area contributed by atoms with Gasteiger partial charge in [0.2, 0.25) is 0 Å². The molecule has 2 heterocycles. The zero-order valence-electron chi connectivity index (χ0n) is 11.5. The summed E-state index contributed by atoms with van der Waals surface area (Å²) in [6.45, 7) is 3.22. The lowest BCUT2D eigenvalue weighted by molar-refractivity contribution is 0.0511. The molecular formula is C13H21Cl2N3O2. The monoisotopic (exact) mass is 321 g/mol. The normalized spacial score (nSPS) is 17.3. The maximum atomic E-state index is 12.0. The number of piperidine rings is 1. The molecule has 0 aromatic carbocycles. The minimum Gasteiger partial charge on any atom is -0.384 e. The van der Waals surface area contributed by atoms with E-state index in [4.69, 9.17) is 16.3 Å². The Morgan fingerprint density at radius 1 is 1.50 bits per heavy atom. The second-order valence-corrected chi connectivity index (χ2v) is 5.53. The van der Waals surface area contributed by atoms with Crippen LogP contribution < -0.4 is 10.6 Å². The van der Waals surface area contributed by atoms with E-state index >= 15 is 0 Å². The quantitative estimate of drug-likeness (QED) is 0.775. The molecule has 5 nitrogen and oxygen atoms in total. The second-order valence-electron chi connectivity index (χ2n) is 5.10. The second kappa shape index (κ2) is 7.88. The van der Waals surface area contributed by atoms with Crippen LogP contribution in [-0.4, -0.2) is 44.2 Å². The molecule has 3 N–H and O–H groups in total. The van der Waals surface area contributed by atoms with Gasteiger partial charge in [0.05, 0.1) is 11.6 Å². The summed E-state index contributed by atoms with van der Waals surface area (Å²) < 4.78 is 5.32. The van der Waals surface area contributed by atoms with E-state index in [1.165, 1.54) is 0 Å². The van der Waals surface area contributed by atoms with Crippen molar-refractivity contribution >= 4 is 29.9 Å². The highest BCUT2D eigenvalue weighted by molar-refractivity contribution is 6.30. The Kier molecular flexibility index (Phi) is 6.82. The lowest BCUT2D eigenvalue weighted by Gasteiger charge is -2.37. The SMILES string of the molecule is COCC1(CNC(=O)c2cc(Cl)c[nH]2)CCNCC1.Cl. The van der Waals surface area contributed by atoms with Crippen molar-refractivity contribution in [1.82, 2.24) is 15.6 Å². The van der Waals surface area contributed by atoms with E-state index in [2.05, 4.69) is 15.6 Å². The van der Waals surface area contributed by atoms with Crippen molar-refractivity contribution in [3.8, 4) is 0 Å². The van der Waals surface area contributed by atoms with Crippen LogP contribution >= 0.6 is 24.0 Å². The van der Waals surface area contributed by atoms with E-state index in [1.54, 1.807) is 19.4 Å². The van der Waals surface area contributed by atoms with Crippen molar-refractivity contribution < 1.29 is 9.53 Å². The van der Waals surface area contributed by atoms with E-state index in [0.717, 1.165) is 25.9 Å².